The van der Waals surface area contributed by atoms with Crippen molar-refractivity contribution in [2.75, 3.05) is 6.54 Å². The van der Waals surface area contributed by atoms with Crippen molar-refractivity contribution in [3.05, 3.63) is 29.3 Å². The van der Waals surface area contributed by atoms with Crippen LogP contribution in [0.5, 0.6) is 0 Å². The first-order chi connectivity index (χ1) is 8.25. The number of thiazole rings is 1. The largest absolute Gasteiger partial charge is 0.310 e. The van der Waals surface area contributed by atoms with Crippen LogP contribution in [-0.4, -0.2) is 11.5 Å². The average molecular weight is 246 g/mol. The minimum atomic E-state index is 0.552. The number of benzene rings is 1. The van der Waals surface area contributed by atoms with Gasteiger partial charge in [0.25, 0.3) is 0 Å². The van der Waals surface area contributed by atoms with Gasteiger partial charge >= 0.3 is 0 Å². The van der Waals surface area contributed by atoms with Gasteiger partial charge in [0.05, 0.1) is 10.2 Å². The summed E-state index contributed by atoms with van der Waals surface area (Å²) in [6.45, 7) is 4.42. The number of nitrogens with one attached hydrogen (secondary N) is 1. The molecule has 1 saturated carbocycles. The molecule has 1 aromatic carbocycles. The van der Waals surface area contributed by atoms with E-state index in [0.29, 0.717) is 5.41 Å². The molecule has 0 radical (unpaired) electrons. The Balaban J connectivity index is 1.61. The van der Waals surface area contributed by atoms with Gasteiger partial charge < -0.3 is 5.32 Å². The highest BCUT2D eigenvalue weighted by atomic mass is 32.1. The summed E-state index contributed by atoms with van der Waals surface area (Å²) in [4.78, 5) is 4.63. The Morgan fingerprint density at radius 2 is 2.18 bits per heavy atom. The monoisotopic (exact) mass is 246 g/mol. The summed E-state index contributed by atoms with van der Waals surface area (Å²) in [6.07, 6.45) is 4.15. The summed E-state index contributed by atoms with van der Waals surface area (Å²) in [5.74, 6) is 0. The Kier molecular flexibility index (Phi) is 2.89. The predicted octanol–water partition coefficient (Wildman–Crippen LogP) is 3.58. The van der Waals surface area contributed by atoms with Crippen molar-refractivity contribution < 1.29 is 0 Å². The maximum Gasteiger partial charge on any atom is 0.108 e. The van der Waals surface area contributed by atoms with Crippen molar-refractivity contribution in [2.24, 2.45) is 5.41 Å². The molecule has 2 aromatic rings. The third-order valence-corrected chi connectivity index (χ3v) is 4.76. The summed E-state index contributed by atoms with van der Waals surface area (Å²) in [5.41, 5.74) is 1.68. The molecule has 2 nitrogen and oxygen atoms in total. The fourth-order valence-corrected chi connectivity index (χ4v) is 3.36. The molecule has 1 aliphatic rings. The number of rotatable bonds is 4. The zero-order valence-corrected chi connectivity index (χ0v) is 11.0. The number of hydrogen-bond acceptors (Lipinski definition) is 3. The molecule has 0 atom stereocenters. The van der Waals surface area contributed by atoms with Crippen LogP contribution in [0, 0.1) is 5.41 Å². The van der Waals surface area contributed by atoms with Crippen LogP contribution in [0.2, 0.25) is 0 Å². The Labute approximate surface area is 106 Å². The molecule has 0 amide bonds. The zero-order chi connectivity index (χ0) is 11.7. The molecule has 1 N–H and O–H groups in total. The number of nitrogens with zero attached hydrogens (tertiary/aromatic N) is 1. The van der Waals surface area contributed by atoms with Crippen molar-refractivity contribution in [3.63, 3.8) is 0 Å². The van der Waals surface area contributed by atoms with Crippen LogP contribution in [0.25, 0.3) is 10.2 Å². The maximum atomic E-state index is 4.63. The van der Waals surface area contributed by atoms with E-state index in [1.807, 2.05) is 0 Å². The minimum Gasteiger partial charge on any atom is -0.310 e. The van der Waals surface area contributed by atoms with Crippen LogP contribution in [0.1, 0.15) is 31.2 Å². The minimum absolute atomic E-state index is 0.552. The second-order valence-corrected chi connectivity index (χ2v) is 6.46. The van der Waals surface area contributed by atoms with E-state index in [2.05, 4.69) is 41.5 Å². The molecule has 1 heterocycles. The molecule has 1 fully saturated rings. The SMILES string of the molecule is CC1(CNCc2nc3ccccc3s2)CCC1. The van der Waals surface area contributed by atoms with Crippen LogP contribution in [0.4, 0.5) is 0 Å². The van der Waals surface area contributed by atoms with Gasteiger partial charge in [0.15, 0.2) is 0 Å². The smallest absolute Gasteiger partial charge is 0.108 e. The molecule has 0 bridgehead atoms. The molecule has 0 aliphatic heterocycles. The van der Waals surface area contributed by atoms with E-state index in [4.69, 9.17) is 0 Å². The Morgan fingerprint density at radius 3 is 2.88 bits per heavy atom. The molecule has 17 heavy (non-hydrogen) atoms. The van der Waals surface area contributed by atoms with Crippen LogP contribution < -0.4 is 5.32 Å². The van der Waals surface area contributed by atoms with Gasteiger partial charge in [0, 0.05) is 13.1 Å². The van der Waals surface area contributed by atoms with Gasteiger partial charge in [-0.25, -0.2) is 4.98 Å². The molecule has 0 saturated heterocycles. The number of aromatic nitrogens is 1. The fraction of sp³-hybridized carbons (Fsp3) is 0.500. The second-order valence-electron chi connectivity index (χ2n) is 5.34. The van der Waals surface area contributed by atoms with Crippen LogP contribution >= 0.6 is 11.3 Å². The first kappa shape index (κ1) is 11.2. The first-order valence-corrected chi connectivity index (χ1v) is 7.12. The highest BCUT2D eigenvalue weighted by molar-refractivity contribution is 7.18. The summed E-state index contributed by atoms with van der Waals surface area (Å²) in [5, 5.41) is 4.76. The fourth-order valence-electron chi connectivity index (χ4n) is 2.42. The Morgan fingerprint density at radius 1 is 1.35 bits per heavy atom. The Bertz CT molecular complexity index is 481. The van der Waals surface area contributed by atoms with E-state index >= 15 is 0 Å². The van der Waals surface area contributed by atoms with Crippen LogP contribution in [0.15, 0.2) is 24.3 Å². The van der Waals surface area contributed by atoms with Gasteiger partial charge in [0.1, 0.15) is 5.01 Å². The zero-order valence-electron chi connectivity index (χ0n) is 10.2. The molecule has 3 rings (SSSR count). The van der Waals surface area contributed by atoms with Crippen molar-refractivity contribution in [1.82, 2.24) is 10.3 Å². The molecule has 3 heteroatoms. The molecule has 0 spiro atoms. The third-order valence-electron chi connectivity index (χ3n) is 3.73. The van der Waals surface area contributed by atoms with Gasteiger partial charge in [-0.1, -0.05) is 25.5 Å². The maximum absolute atomic E-state index is 4.63. The van der Waals surface area contributed by atoms with E-state index in [1.165, 1.54) is 29.0 Å². The highest BCUT2D eigenvalue weighted by Gasteiger charge is 2.30. The van der Waals surface area contributed by atoms with Gasteiger partial charge in [-0.3, -0.25) is 0 Å². The van der Waals surface area contributed by atoms with Crippen molar-refractivity contribution in [2.45, 2.75) is 32.7 Å². The summed E-state index contributed by atoms with van der Waals surface area (Å²) < 4.78 is 1.29. The lowest BCUT2D eigenvalue weighted by molar-refractivity contribution is 0.156. The predicted molar refractivity (Wildman–Crippen MR) is 73.3 cm³/mol. The van der Waals surface area contributed by atoms with E-state index in [0.717, 1.165) is 18.6 Å². The van der Waals surface area contributed by atoms with Crippen molar-refractivity contribution in [3.8, 4) is 0 Å². The lowest BCUT2D eigenvalue weighted by Crippen LogP contribution is -2.36. The van der Waals surface area contributed by atoms with Crippen LogP contribution in [-0.2, 0) is 6.54 Å². The van der Waals surface area contributed by atoms with Gasteiger partial charge in [-0.15, -0.1) is 11.3 Å². The van der Waals surface area contributed by atoms with E-state index < -0.39 is 0 Å². The molecule has 1 aliphatic carbocycles. The van der Waals surface area contributed by atoms with Gasteiger partial charge in [-0.05, 0) is 30.4 Å². The normalized spacial score (nSPS) is 18.2. The van der Waals surface area contributed by atoms with Gasteiger partial charge in [0.2, 0.25) is 0 Å². The van der Waals surface area contributed by atoms with Crippen LogP contribution in [0.3, 0.4) is 0 Å². The number of para-hydroxylation sites is 1. The standard InChI is InChI=1S/C14H18N2S/c1-14(7-4-8-14)10-15-9-13-16-11-5-2-3-6-12(11)17-13/h2-3,5-6,15H,4,7-10H2,1H3. The second kappa shape index (κ2) is 4.39. The van der Waals surface area contributed by atoms with Gasteiger partial charge in [-0.2, -0.15) is 0 Å². The van der Waals surface area contributed by atoms with E-state index in [-0.39, 0.29) is 0 Å². The third kappa shape index (κ3) is 2.35. The quantitative estimate of drug-likeness (QED) is 0.892. The molecular formula is C14H18N2S. The lowest BCUT2D eigenvalue weighted by atomic mass is 9.70. The number of hydrogen-bond donors (Lipinski definition) is 1. The highest BCUT2D eigenvalue weighted by Crippen LogP contribution is 2.39. The van der Waals surface area contributed by atoms with E-state index in [1.54, 1.807) is 11.3 Å². The number of fused-ring (bicyclic) bond motifs is 1. The topological polar surface area (TPSA) is 24.9 Å². The van der Waals surface area contributed by atoms with Crippen molar-refractivity contribution in [1.29, 1.82) is 0 Å². The average Bonchev–Trinajstić information content (AvgIpc) is 2.69. The summed E-state index contributed by atoms with van der Waals surface area (Å²) >= 11 is 1.80. The molecular weight excluding hydrogens is 228 g/mol. The summed E-state index contributed by atoms with van der Waals surface area (Å²) in [6, 6.07) is 8.36. The summed E-state index contributed by atoms with van der Waals surface area (Å²) in [7, 11) is 0. The van der Waals surface area contributed by atoms with Crippen molar-refractivity contribution >= 4 is 21.6 Å². The first-order valence-electron chi connectivity index (χ1n) is 6.30. The lowest BCUT2D eigenvalue weighted by Gasteiger charge is -2.38. The molecule has 90 valence electrons. The molecule has 1 aromatic heterocycles. The van der Waals surface area contributed by atoms with E-state index in [9.17, 15) is 0 Å². The Hall–Kier alpha value is -0.930. The molecule has 0 unspecified atom stereocenters.